The van der Waals surface area contributed by atoms with Gasteiger partial charge in [-0.3, -0.25) is 0 Å². The molecular formula is C13H14BrN5. The Hall–Kier alpha value is -1.66. The highest BCUT2D eigenvalue weighted by Crippen LogP contribution is 2.26. The molecule has 0 fully saturated rings. The number of fused-ring (bicyclic) bond motifs is 1. The van der Waals surface area contributed by atoms with Crippen molar-refractivity contribution in [3.05, 3.63) is 34.5 Å². The Balaban J connectivity index is 2.20. The summed E-state index contributed by atoms with van der Waals surface area (Å²) in [5, 5.41) is 0. The average Bonchev–Trinajstić information content (AvgIpc) is 2.91. The van der Waals surface area contributed by atoms with Crippen LogP contribution in [0.4, 0.5) is 0 Å². The number of imidazole rings is 2. The molecule has 6 heteroatoms. The highest BCUT2D eigenvalue weighted by molar-refractivity contribution is 9.10. The monoisotopic (exact) mass is 319 g/mol. The van der Waals surface area contributed by atoms with E-state index < -0.39 is 0 Å². The number of hydrogen-bond donors (Lipinski definition) is 2. The molecule has 0 saturated heterocycles. The van der Waals surface area contributed by atoms with E-state index in [0.29, 0.717) is 11.3 Å². The molecule has 1 aromatic carbocycles. The van der Waals surface area contributed by atoms with Gasteiger partial charge in [0.1, 0.15) is 5.82 Å². The first-order valence-corrected chi connectivity index (χ1v) is 6.77. The lowest BCUT2D eigenvalue weighted by Crippen LogP contribution is -1.98. The van der Waals surface area contributed by atoms with Gasteiger partial charge in [-0.2, -0.15) is 0 Å². The maximum Gasteiger partial charge on any atom is 0.175 e. The Labute approximate surface area is 119 Å². The summed E-state index contributed by atoms with van der Waals surface area (Å²) in [5.41, 5.74) is 10.6. The van der Waals surface area contributed by atoms with Gasteiger partial charge in [-0.05, 0) is 35.0 Å². The Morgan fingerprint density at radius 3 is 2.89 bits per heavy atom. The largest absolute Gasteiger partial charge is 0.335 e. The third-order valence-electron chi connectivity index (χ3n) is 3.33. The summed E-state index contributed by atoms with van der Waals surface area (Å²) < 4.78 is 2.77. The summed E-state index contributed by atoms with van der Waals surface area (Å²) in [6, 6.07) is 6.16. The van der Waals surface area contributed by atoms with Crippen LogP contribution in [0.25, 0.3) is 22.3 Å². The molecule has 0 aliphatic rings. The van der Waals surface area contributed by atoms with E-state index in [1.807, 2.05) is 26.1 Å². The van der Waals surface area contributed by atoms with Gasteiger partial charge in [0.15, 0.2) is 4.73 Å². The van der Waals surface area contributed by atoms with Crippen LogP contribution in [-0.2, 0) is 13.6 Å². The number of hydrogen-bond acceptors (Lipinski definition) is 3. The van der Waals surface area contributed by atoms with E-state index in [9.17, 15) is 0 Å². The first-order valence-electron chi connectivity index (χ1n) is 5.98. The van der Waals surface area contributed by atoms with Gasteiger partial charge in [-0.1, -0.05) is 6.07 Å². The van der Waals surface area contributed by atoms with Crippen molar-refractivity contribution in [2.45, 2.75) is 13.5 Å². The Morgan fingerprint density at radius 2 is 2.16 bits per heavy atom. The molecular weight excluding hydrogens is 306 g/mol. The minimum absolute atomic E-state index is 0.424. The van der Waals surface area contributed by atoms with Gasteiger partial charge in [0.2, 0.25) is 0 Å². The molecule has 19 heavy (non-hydrogen) atoms. The summed E-state index contributed by atoms with van der Waals surface area (Å²) in [6.45, 7) is 2.42. The molecule has 5 nitrogen and oxygen atoms in total. The van der Waals surface area contributed by atoms with Crippen molar-refractivity contribution in [2.24, 2.45) is 12.8 Å². The van der Waals surface area contributed by atoms with Crippen molar-refractivity contribution in [1.29, 1.82) is 0 Å². The highest BCUT2D eigenvalue weighted by Gasteiger charge is 2.12. The number of rotatable bonds is 2. The van der Waals surface area contributed by atoms with Gasteiger partial charge in [0.25, 0.3) is 0 Å². The molecule has 98 valence electrons. The van der Waals surface area contributed by atoms with Crippen LogP contribution < -0.4 is 5.73 Å². The number of aromatic amines is 1. The molecule has 3 rings (SSSR count). The molecule has 3 N–H and O–H groups in total. The molecule has 0 saturated carbocycles. The van der Waals surface area contributed by atoms with E-state index in [1.165, 1.54) is 0 Å². The summed E-state index contributed by atoms with van der Waals surface area (Å²) >= 11 is 3.34. The molecule has 0 unspecified atom stereocenters. The lowest BCUT2D eigenvalue weighted by Gasteiger charge is -2.01. The molecule has 0 aliphatic heterocycles. The molecule has 0 atom stereocenters. The van der Waals surface area contributed by atoms with Crippen molar-refractivity contribution in [3.63, 3.8) is 0 Å². The van der Waals surface area contributed by atoms with Gasteiger partial charge < -0.3 is 15.3 Å². The molecule has 2 heterocycles. The summed E-state index contributed by atoms with van der Waals surface area (Å²) in [4.78, 5) is 12.1. The quantitative estimate of drug-likeness (QED) is 0.762. The fourth-order valence-corrected chi connectivity index (χ4v) is 2.65. The van der Waals surface area contributed by atoms with Gasteiger partial charge in [-0.25, -0.2) is 9.97 Å². The minimum Gasteiger partial charge on any atom is -0.335 e. The van der Waals surface area contributed by atoms with E-state index >= 15 is 0 Å². The summed E-state index contributed by atoms with van der Waals surface area (Å²) in [5.74, 6) is 0.995. The Bertz CT molecular complexity index is 756. The van der Waals surface area contributed by atoms with Crippen molar-refractivity contribution >= 4 is 27.0 Å². The average molecular weight is 320 g/mol. The fourth-order valence-electron chi connectivity index (χ4n) is 2.23. The number of benzene rings is 1. The topological polar surface area (TPSA) is 72.5 Å². The van der Waals surface area contributed by atoms with E-state index in [0.717, 1.165) is 33.8 Å². The van der Waals surface area contributed by atoms with Crippen molar-refractivity contribution in [1.82, 2.24) is 19.5 Å². The zero-order valence-electron chi connectivity index (χ0n) is 10.7. The molecule has 3 aromatic rings. The number of nitrogens with one attached hydrogen (secondary N) is 1. The zero-order chi connectivity index (χ0) is 13.6. The maximum absolute atomic E-state index is 5.73. The molecule has 0 spiro atoms. The fraction of sp³-hybridized carbons (Fsp3) is 0.231. The predicted octanol–water partition coefficient (Wildman–Crippen LogP) is 2.49. The van der Waals surface area contributed by atoms with E-state index in [-0.39, 0.29) is 0 Å². The van der Waals surface area contributed by atoms with Crippen LogP contribution in [0.3, 0.4) is 0 Å². The standard InChI is InChI=1S/C13H14BrN5/c1-7-16-9-5-8(3-4-11(9)19(7)2)12-10(6-15)17-13(14)18-12/h3-5H,6,15H2,1-2H3,(H,17,18). The van der Waals surface area contributed by atoms with Crippen LogP contribution in [0.5, 0.6) is 0 Å². The van der Waals surface area contributed by atoms with Crippen molar-refractivity contribution in [3.8, 4) is 11.3 Å². The summed E-state index contributed by atoms with van der Waals surface area (Å²) in [7, 11) is 2.01. The van der Waals surface area contributed by atoms with Crippen molar-refractivity contribution in [2.75, 3.05) is 0 Å². The molecule has 2 aromatic heterocycles. The lowest BCUT2D eigenvalue weighted by atomic mass is 10.1. The number of halogens is 1. The Morgan fingerprint density at radius 1 is 1.37 bits per heavy atom. The second-order valence-corrected chi connectivity index (χ2v) is 5.23. The number of aryl methyl sites for hydroxylation is 2. The third kappa shape index (κ3) is 1.97. The molecule has 0 bridgehead atoms. The van der Waals surface area contributed by atoms with E-state index in [1.54, 1.807) is 0 Å². The van der Waals surface area contributed by atoms with Crippen LogP contribution in [0.15, 0.2) is 22.9 Å². The van der Waals surface area contributed by atoms with Gasteiger partial charge in [0.05, 0.1) is 22.4 Å². The van der Waals surface area contributed by atoms with Crippen LogP contribution >= 0.6 is 15.9 Å². The SMILES string of the molecule is Cc1nc2cc(-c3nc(Br)[nH]c3CN)ccc2n1C. The van der Waals surface area contributed by atoms with Crippen LogP contribution in [-0.4, -0.2) is 19.5 Å². The van der Waals surface area contributed by atoms with Gasteiger partial charge >= 0.3 is 0 Å². The van der Waals surface area contributed by atoms with Gasteiger partial charge in [0, 0.05) is 19.2 Å². The number of aromatic nitrogens is 4. The van der Waals surface area contributed by atoms with Crippen LogP contribution in [0.1, 0.15) is 11.5 Å². The maximum atomic E-state index is 5.73. The van der Waals surface area contributed by atoms with Crippen LogP contribution in [0.2, 0.25) is 0 Å². The first kappa shape index (κ1) is 12.4. The Kier molecular flexibility index (Phi) is 2.91. The van der Waals surface area contributed by atoms with E-state index in [4.69, 9.17) is 5.73 Å². The summed E-state index contributed by atoms with van der Waals surface area (Å²) in [6.07, 6.45) is 0. The predicted molar refractivity (Wildman–Crippen MR) is 78.6 cm³/mol. The second kappa shape index (κ2) is 4.47. The lowest BCUT2D eigenvalue weighted by molar-refractivity contribution is 0.886. The number of nitrogens with zero attached hydrogens (tertiary/aromatic N) is 3. The second-order valence-electron chi connectivity index (χ2n) is 4.48. The van der Waals surface area contributed by atoms with Crippen molar-refractivity contribution < 1.29 is 0 Å². The smallest absolute Gasteiger partial charge is 0.175 e. The third-order valence-corrected chi connectivity index (χ3v) is 3.71. The number of nitrogens with two attached hydrogens (primary N) is 1. The molecule has 0 amide bonds. The van der Waals surface area contributed by atoms with Crippen LogP contribution in [0, 0.1) is 6.92 Å². The van der Waals surface area contributed by atoms with E-state index in [2.05, 4.69) is 41.5 Å². The first-order chi connectivity index (χ1) is 9.10. The molecule has 0 aliphatic carbocycles. The van der Waals surface area contributed by atoms with Gasteiger partial charge in [-0.15, -0.1) is 0 Å². The minimum atomic E-state index is 0.424. The normalized spacial score (nSPS) is 11.4. The highest BCUT2D eigenvalue weighted by atomic mass is 79.9. The zero-order valence-corrected chi connectivity index (χ0v) is 12.3. The number of H-pyrrole nitrogens is 1. The molecule has 0 radical (unpaired) electrons.